The number of halogens is 1. The standard InChI is InChI=1S/C7H8FP.C2H6/c1-5-6(8)3-2-4-7(5)9;1-2/h2-4H,9H2,1H3;1-2H3. The molecule has 1 rings (SSSR count). The maximum absolute atomic E-state index is 12.6. The van der Waals surface area contributed by atoms with Gasteiger partial charge in [0.25, 0.3) is 0 Å². The van der Waals surface area contributed by atoms with Gasteiger partial charge >= 0.3 is 0 Å². The van der Waals surface area contributed by atoms with Crippen molar-refractivity contribution in [2.24, 2.45) is 0 Å². The van der Waals surface area contributed by atoms with Gasteiger partial charge in [0.1, 0.15) is 5.82 Å². The molecule has 0 aromatic heterocycles. The zero-order valence-electron chi connectivity index (χ0n) is 7.19. The minimum absolute atomic E-state index is 0.137. The Kier molecular flexibility index (Phi) is 5.06. The molecule has 0 heterocycles. The molecular formula is C9H14FP. The summed E-state index contributed by atoms with van der Waals surface area (Å²) in [6.07, 6.45) is 0. The lowest BCUT2D eigenvalue weighted by molar-refractivity contribution is 0.620. The molecule has 0 aliphatic heterocycles. The van der Waals surface area contributed by atoms with E-state index >= 15 is 0 Å². The molecule has 11 heavy (non-hydrogen) atoms. The van der Waals surface area contributed by atoms with E-state index in [1.54, 1.807) is 13.0 Å². The Bertz CT molecular complexity index is 201. The van der Waals surface area contributed by atoms with Gasteiger partial charge in [0.15, 0.2) is 0 Å². The molecule has 1 aromatic carbocycles. The van der Waals surface area contributed by atoms with Crippen molar-refractivity contribution in [1.29, 1.82) is 0 Å². The summed E-state index contributed by atoms with van der Waals surface area (Å²) in [6.45, 7) is 5.76. The molecule has 0 nitrogen and oxygen atoms in total. The van der Waals surface area contributed by atoms with Crippen LogP contribution in [0.3, 0.4) is 0 Å². The summed E-state index contributed by atoms with van der Waals surface area (Å²) in [7, 11) is 2.48. The second-order valence-corrected chi connectivity index (χ2v) is 2.58. The molecule has 0 fully saturated rings. The Balaban J connectivity index is 0.000000461. The molecule has 0 N–H and O–H groups in total. The molecule has 0 bridgehead atoms. The predicted octanol–water partition coefficient (Wildman–Crippen LogP) is 2.66. The minimum atomic E-state index is -0.137. The van der Waals surface area contributed by atoms with E-state index in [0.717, 1.165) is 5.30 Å². The highest BCUT2D eigenvalue weighted by Crippen LogP contribution is 2.03. The van der Waals surface area contributed by atoms with E-state index in [1.807, 2.05) is 19.9 Å². The van der Waals surface area contributed by atoms with Gasteiger partial charge in [0, 0.05) is 0 Å². The van der Waals surface area contributed by atoms with E-state index in [0.29, 0.717) is 5.56 Å². The van der Waals surface area contributed by atoms with Crippen LogP contribution in [-0.4, -0.2) is 0 Å². The SMILES string of the molecule is CC.Cc1c(F)cccc1P. The molecule has 0 amide bonds. The molecule has 2 heteroatoms. The van der Waals surface area contributed by atoms with Crippen molar-refractivity contribution in [3.05, 3.63) is 29.6 Å². The van der Waals surface area contributed by atoms with Crippen molar-refractivity contribution in [2.45, 2.75) is 20.8 Å². The fraction of sp³-hybridized carbons (Fsp3) is 0.333. The van der Waals surface area contributed by atoms with E-state index in [4.69, 9.17) is 0 Å². The summed E-state index contributed by atoms with van der Waals surface area (Å²) < 4.78 is 12.6. The molecule has 0 spiro atoms. The van der Waals surface area contributed by atoms with Gasteiger partial charge < -0.3 is 0 Å². The summed E-state index contributed by atoms with van der Waals surface area (Å²) in [5, 5.41) is 0.926. The summed E-state index contributed by atoms with van der Waals surface area (Å²) in [5.41, 5.74) is 0.711. The van der Waals surface area contributed by atoms with Gasteiger partial charge in [-0.25, -0.2) is 4.39 Å². The molecular weight excluding hydrogens is 158 g/mol. The molecule has 0 aliphatic rings. The topological polar surface area (TPSA) is 0 Å². The van der Waals surface area contributed by atoms with Crippen molar-refractivity contribution in [1.82, 2.24) is 0 Å². The monoisotopic (exact) mass is 172 g/mol. The third kappa shape index (κ3) is 2.98. The molecule has 0 saturated heterocycles. The average molecular weight is 172 g/mol. The van der Waals surface area contributed by atoms with Gasteiger partial charge in [-0.2, -0.15) is 0 Å². The van der Waals surface area contributed by atoms with Crippen molar-refractivity contribution in [2.75, 3.05) is 0 Å². The van der Waals surface area contributed by atoms with Crippen molar-refractivity contribution >= 4 is 14.5 Å². The lowest BCUT2D eigenvalue weighted by Crippen LogP contribution is -1.97. The van der Waals surface area contributed by atoms with Crippen LogP contribution < -0.4 is 5.30 Å². The minimum Gasteiger partial charge on any atom is -0.207 e. The second kappa shape index (κ2) is 5.26. The highest BCUT2D eigenvalue weighted by molar-refractivity contribution is 7.27. The normalized spacial score (nSPS) is 8.45. The third-order valence-corrected chi connectivity index (χ3v) is 1.94. The van der Waals surface area contributed by atoms with Crippen LogP contribution in [-0.2, 0) is 0 Å². The Morgan fingerprint density at radius 2 is 1.82 bits per heavy atom. The fourth-order valence-electron chi connectivity index (χ4n) is 0.624. The van der Waals surface area contributed by atoms with Gasteiger partial charge in [-0.15, -0.1) is 9.24 Å². The van der Waals surface area contributed by atoms with Crippen LogP contribution in [0.15, 0.2) is 18.2 Å². The van der Waals surface area contributed by atoms with Crippen LogP contribution in [0.25, 0.3) is 0 Å². The Hall–Kier alpha value is -0.420. The Labute approximate surface area is 70.0 Å². The summed E-state index contributed by atoms with van der Waals surface area (Å²) in [4.78, 5) is 0. The van der Waals surface area contributed by atoms with E-state index in [9.17, 15) is 4.39 Å². The van der Waals surface area contributed by atoms with Crippen molar-refractivity contribution in [3.8, 4) is 0 Å². The van der Waals surface area contributed by atoms with Gasteiger partial charge in [0.05, 0.1) is 0 Å². The molecule has 0 aliphatic carbocycles. The van der Waals surface area contributed by atoms with E-state index in [2.05, 4.69) is 9.24 Å². The van der Waals surface area contributed by atoms with Crippen molar-refractivity contribution in [3.63, 3.8) is 0 Å². The lowest BCUT2D eigenvalue weighted by atomic mass is 10.2. The first-order valence-corrected chi connectivity index (χ1v) is 4.30. The largest absolute Gasteiger partial charge is 0.207 e. The smallest absolute Gasteiger partial charge is 0.126 e. The number of hydrogen-bond acceptors (Lipinski definition) is 0. The van der Waals surface area contributed by atoms with Gasteiger partial charge in [-0.3, -0.25) is 0 Å². The maximum Gasteiger partial charge on any atom is 0.126 e. The number of benzene rings is 1. The van der Waals surface area contributed by atoms with Crippen LogP contribution in [0.1, 0.15) is 19.4 Å². The summed E-state index contributed by atoms with van der Waals surface area (Å²) >= 11 is 0. The first kappa shape index (κ1) is 10.6. The van der Waals surface area contributed by atoms with E-state index in [-0.39, 0.29) is 5.82 Å². The molecule has 1 aromatic rings. The van der Waals surface area contributed by atoms with Gasteiger partial charge in [-0.05, 0) is 23.9 Å². The van der Waals surface area contributed by atoms with Crippen LogP contribution in [0, 0.1) is 12.7 Å². The molecule has 1 atom stereocenters. The Morgan fingerprint density at radius 1 is 1.27 bits per heavy atom. The maximum atomic E-state index is 12.6. The fourth-order valence-corrected chi connectivity index (χ4v) is 0.873. The van der Waals surface area contributed by atoms with Crippen LogP contribution in [0.5, 0.6) is 0 Å². The lowest BCUT2D eigenvalue weighted by Gasteiger charge is -1.97. The van der Waals surface area contributed by atoms with Crippen LogP contribution in [0.2, 0.25) is 0 Å². The van der Waals surface area contributed by atoms with Crippen molar-refractivity contribution < 1.29 is 4.39 Å². The highest BCUT2D eigenvalue weighted by Gasteiger charge is 1.95. The Morgan fingerprint density at radius 3 is 2.18 bits per heavy atom. The van der Waals surface area contributed by atoms with E-state index in [1.165, 1.54) is 6.07 Å². The highest BCUT2D eigenvalue weighted by atomic mass is 31.0. The first-order valence-electron chi connectivity index (χ1n) is 3.72. The molecule has 1 unspecified atom stereocenters. The molecule has 0 radical (unpaired) electrons. The van der Waals surface area contributed by atoms with Crippen LogP contribution >= 0.6 is 9.24 Å². The van der Waals surface area contributed by atoms with Gasteiger partial charge in [-0.1, -0.05) is 26.0 Å². The zero-order chi connectivity index (χ0) is 8.85. The van der Waals surface area contributed by atoms with Gasteiger partial charge in [0.2, 0.25) is 0 Å². The second-order valence-electron chi connectivity index (χ2n) is 1.95. The molecule has 62 valence electrons. The third-order valence-electron chi connectivity index (χ3n) is 1.31. The average Bonchev–Trinajstić information content (AvgIpc) is 2.04. The zero-order valence-corrected chi connectivity index (χ0v) is 8.34. The number of hydrogen-bond donors (Lipinski definition) is 0. The van der Waals surface area contributed by atoms with E-state index < -0.39 is 0 Å². The summed E-state index contributed by atoms with van der Waals surface area (Å²) in [5.74, 6) is -0.137. The predicted molar refractivity (Wildman–Crippen MR) is 51.8 cm³/mol. The van der Waals surface area contributed by atoms with Crippen LogP contribution in [0.4, 0.5) is 4.39 Å². The molecule has 0 saturated carbocycles. The summed E-state index contributed by atoms with van der Waals surface area (Å²) in [6, 6.07) is 5.02. The first-order chi connectivity index (χ1) is 5.22. The number of rotatable bonds is 0. The quantitative estimate of drug-likeness (QED) is 0.528.